The quantitative estimate of drug-likeness (QED) is 0.717. The summed E-state index contributed by atoms with van der Waals surface area (Å²) in [6.45, 7) is 0.762. The first kappa shape index (κ1) is 13.8. The molecule has 1 aromatic rings. The lowest BCUT2D eigenvalue weighted by atomic mass is 9.90. The van der Waals surface area contributed by atoms with Crippen molar-refractivity contribution in [1.29, 1.82) is 0 Å². The summed E-state index contributed by atoms with van der Waals surface area (Å²) in [7, 11) is 0. The van der Waals surface area contributed by atoms with E-state index in [1.165, 1.54) is 25.7 Å². The van der Waals surface area contributed by atoms with Crippen LogP contribution in [0.2, 0.25) is 0 Å². The van der Waals surface area contributed by atoms with Gasteiger partial charge in [0, 0.05) is 5.41 Å². The highest BCUT2D eigenvalue weighted by molar-refractivity contribution is 9.11. The molecule has 1 aliphatic carbocycles. The van der Waals surface area contributed by atoms with Gasteiger partial charge in [-0.1, -0.05) is 18.9 Å². The highest BCUT2D eigenvalue weighted by atomic mass is 79.9. The van der Waals surface area contributed by atoms with Crippen molar-refractivity contribution in [2.75, 3.05) is 12.4 Å². The maximum atomic E-state index is 6.00. The van der Waals surface area contributed by atoms with Crippen LogP contribution in [0.15, 0.2) is 27.1 Å². The molecule has 0 aliphatic heterocycles. The Labute approximate surface area is 125 Å². The molecule has 1 aromatic carbocycles. The Morgan fingerprint density at radius 3 is 2.29 bits per heavy atom. The van der Waals surface area contributed by atoms with Crippen molar-refractivity contribution in [2.45, 2.75) is 25.7 Å². The topological polar surface area (TPSA) is 9.23 Å². The van der Waals surface area contributed by atoms with Gasteiger partial charge in [-0.2, -0.15) is 12.6 Å². The first-order valence-corrected chi connectivity index (χ1v) is 8.06. The maximum Gasteiger partial charge on any atom is 0.147 e. The van der Waals surface area contributed by atoms with Crippen LogP contribution < -0.4 is 4.74 Å². The maximum absolute atomic E-state index is 6.00. The third-order valence-electron chi connectivity index (χ3n) is 3.44. The van der Waals surface area contributed by atoms with E-state index in [1.807, 2.05) is 18.2 Å². The molecule has 94 valence electrons. The predicted molar refractivity (Wildman–Crippen MR) is 82.1 cm³/mol. The van der Waals surface area contributed by atoms with Crippen molar-refractivity contribution in [1.82, 2.24) is 0 Å². The Balaban J connectivity index is 2.06. The van der Waals surface area contributed by atoms with E-state index in [9.17, 15) is 0 Å². The van der Waals surface area contributed by atoms with Gasteiger partial charge in [0.2, 0.25) is 0 Å². The molecule has 17 heavy (non-hydrogen) atoms. The summed E-state index contributed by atoms with van der Waals surface area (Å²) < 4.78 is 8.00. The number of thiol groups is 1. The van der Waals surface area contributed by atoms with Gasteiger partial charge in [0.05, 0.1) is 15.6 Å². The van der Waals surface area contributed by atoms with Gasteiger partial charge in [-0.3, -0.25) is 0 Å². The third kappa shape index (κ3) is 3.21. The Kier molecular flexibility index (Phi) is 4.84. The number of rotatable bonds is 4. The first-order valence-electron chi connectivity index (χ1n) is 5.85. The van der Waals surface area contributed by atoms with Crippen LogP contribution in [0, 0.1) is 5.41 Å². The molecule has 0 saturated heterocycles. The molecule has 0 radical (unpaired) electrons. The fraction of sp³-hybridized carbons (Fsp3) is 0.538. The average Bonchev–Trinajstić information content (AvgIpc) is 2.78. The lowest BCUT2D eigenvalue weighted by Gasteiger charge is -2.27. The molecule has 1 fully saturated rings. The largest absolute Gasteiger partial charge is 0.491 e. The second-order valence-electron chi connectivity index (χ2n) is 4.70. The van der Waals surface area contributed by atoms with Gasteiger partial charge < -0.3 is 4.74 Å². The molecule has 0 spiro atoms. The van der Waals surface area contributed by atoms with Crippen LogP contribution >= 0.6 is 44.5 Å². The Morgan fingerprint density at radius 2 is 1.76 bits per heavy atom. The summed E-state index contributed by atoms with van der Waals surface area (Å²) in [5, 5.41) is 0. The minimum atomic E-state index is 0.276. The number of hydrogen-bond donors (Lipinski definition) is 1. The number of ether oxygens (including phenoxy) is 1. The van der Waals surface area contributed by atoms with Gasteiger partial charge in [0.1, 0.15) is 5.75 Å². The van der Waals surface area contributed by atoms with Gasteiger partial charge in [-0.25, -0.2) is 0 Å². The highest BCUT2D eigenvalue weighted by Gasteiger charge is 2.33. The van der Waals surface area contributed by atoms with Crippen LogP contribution in [0.3, 0.4) is 0 Å². The monoisotopic (exact) mass is 378 g/mol. The molecular weight excluding hydrogens is 364 g/mol. The fourth-order valence-corrected chi connectivity index (χ4v) is 3.95. The summed E-state index contributed by atoms with van der Waals surface area (Å²) in [6.07, 6.45) is 5.08. The van der Waals surface area contributed by atoms with Gasteiger partial charge in [-0.15, -0.1) is 0 Å². The van der Waals surface area contributed by atoms with Gasteiger partial charge in [0.25, 0.3) is 0 Å². The molecule has 1 nitrogen and oxygen atoms in total. The van der Waals surface area contributed by atoms with Crippen molar-refractivity contribution in [3.8, 4) is 5.75 Å². The summed E-state index contributed by atoms with van der Waals surface area (Å²) in [6, 6.07) is 6.00. The fourth-order valence-electron chi connectivity index (χ4n) is 2.32. The van der Waals surface area contributed by atoms with E-state index in [0.29, 0.717) is 0 Å². The minimum absolute atomic E-state index is 0.276. The van der Waals surface area contributed by atoms with Crippen molar-refractivity contribution < 1.29 is 4.74 Å². The average molecular weight is 380 g/mol. The minimum Gasteiger partial charge on any atom is -0.491 e. The van der Waals surface area contributed by atoms with Gasteiger partial charge >= 0.3 is 0 Å². The number of benzene rings is 1. The number of hydrogen-bond acceptors (Lipinski definition) is 2. The summed E-state index contributed by atoms with van der Waals surface area (Å²) in [5.74, 6) is 1.82. The highest BCUT2D eigenvalue weighted by Crippen LogP contribution is 2.41. The molecule has 0 bridgehead atoms. The van der Waals surface area contributed by atoms with Crippen LogP contribution in [0.1, 0.15) is 25.7 Å². The Bertz CT molecular complexity index is 369. The molecule has 0 amide bonds. The molecule has 4 heteroatoms. The van der Waals surface area contributed by atoms with Crippen molar-refractivity contribution in [3.63, 3.8) is 0 Å². The number of halogens is 2. The SMILES string of the molecule is SCC1(COc2c(Br)cccc2Br)CCCC1. The Hall–Kier alpha value is 0.330. The summed E-state index contributed by atoms with van der Waals surface area (Å²) in [5.41, 5.74) is 0.276. The molecule has 0 heterocycles. The molecule has 0 aromatic heterocycles. The van der Waals surface area contributed by atoms with Crippen LogP contribution in [0.4, 0.5) is 0 Å². The van der Waals surface area contributed by atoms with Gasteiger partial charge in [0.15, 0.2) is 0 Å². The lowest BCUT2D eigenvalue weighted by molar-refractivity contribution is 0.171. The third-order valence-corrected chi connectivity index (χ3v) is 5.36. The zero-order chi connectivity index (χ0) is 12.3. The normalized spacial score (nSPS) is 18.3. The molecule has 1 saturated carbocycles. The van der Waals surface area contributed by atoms with Crippen LogP contribution in [-0.4, -0.2) is 12.4 Å². The molecule has 2 rings (SSSR count). The zero-order valence-corrected chi connectivity index (χ0v) is 13.7. The Morgan fingerprint density at radius 1 is 1.18 bits per heavy atom. The zero-order valence-electron chi connectivity index (χ0n) is 9.59. The summed E-state index contributed by atoms with van der Waals surface area (Å²) >= 11 is 11.5. The predicted octanol–water partition coefficient (Wildman–Crippen LogP) is 5.08. The van der Waals surface area contributed by atoms with E-state index in [2.05, 4.69) is 44.5 Å². The van der Waals surface area contributed by atoms with E-state index in [4.69, 9.17) is 4.74 Å². The number of para-hydroxylation sites is 1. The van der Waals surface area contributed by atoms with Gasteiger partial charge in [-0.05, 0) is 62.6 Å². The lowest BCUT2D eigenvalue weighted by Crippen LogP contribution is -2.27. The first-order chi connectivity index (χ1) is 8.17. The smallest absolute Gasteiger partial charge is 0.147 e. The van der Waals surface area contributed by atoms with E-state index in [0.717, 1.165) is 27.1 Å². The van der Waals surface area contributed by atoms with E-state index < -0.39 is 0 Å². The van der Waals surface area contributed by atoms with Crippen LogP contribution in [-0.2, 0) is 0 Å². The van der Waals surface area contributed by atoms with Crippen molar-refractivity contribution in [3.05, 3.63) is 27.1 Å². The molecular formula is C13H16Br2OS. The van der Waals surface area contributed by atoms with E-state index in [1.54, 1.807) is 0 Å². The second kappa shape index (κ2) is 5.98. The molecule has 0 N–H and O–H groups in total. The van der Waals surface area contributed by atoms with Crippen LogP contribution in [0.25, 0.3) is 0 Å². The van der Waals surface area contributed by atoms with E-state index >= 15 is 0 Å². The summed E-state index contributed by atoms with van der Waals surface area (Å²) in [4.78, 5) is 0. The van der Waals surface area contributed by atoms with Crippen molar-refractivity contribution >= 4 is 44.5 Å². The molecule has 0 unspecified atom stereocenters. The molecule has 1 aliphatic rings. The molecule has 0 atom stereocenters. The van der Waals surface area contributed by atoms with Crippen molar-refractivity contribution in [2.24, 2.45) is 5.41 Å². The second-order valence-corrected chi connectivity index (χ2v) is 6.73. The van der Waals surface area contributed by atoms with E-state index in [-0.39, 0.29) is 5.41 Å². The standard InChI is InChI=1S/C13H16Br2OS/c14-10-4-3-5-11(15)12(10)16-8-13(9-17)6-1-2-7-13/h3-5,17H,1-2,6-9H2. The van der Waals surface area contributed by atoms with Crippen LogP contribution in [0.5, 0.6) is 5.75 Å².